The van der Waals surface area contributed by atoms with Crippen LogP contribution < -0.4 is 20.3 Å². The van der Waals surface area contributed by atoms with Crippen LogP contribution in [0, 0.1) is 31.1 Å². The molecule has 1 aromatic carbocycles. The number of pyridine rings is 1. The van der Waals surface area contributed by atoms with Gasteiger partial charge in [-0.1, -0.05) is 0 Å². The smallest absolute Gasteiger partial charge is 0.254 e. The Kier molecular flexibility index (Phi) is 7.15. The molecule has 1 aliphatic carbocycles. The topological polar surface area (TPSA) is 113 Å². The van der Waals surface area contributed by atoms with Crippen molar-refractivity contribution in [2.45, 2.75) is 69.8 Å². The average molecular weight is 498 g/mol. The number of rotatable bonds is 6. The molecule has 9 heteroatoms. The maximum atomic E-state index is 13.2. The molecule has 1 aromatic heterocycles. The van der Waals surface area contributed by atoms with E-state index in [4.69, 9.17) is 14.2 Å². The van der Waals surface area contributed by atoms with Crippen molar-refractivity contribution in [3.8, 4) is 17.6 Å². The Labute approximate surface area is 209 Å². The monoisotopic (exact) mass is 497 g/mol. The zero-order valence-corrected chi connectivity index (χ0v) is 21.6. The molecule has 2 aromatic rings. The van der Waals surface area contributed by atoms with E-state index in [0.717, 1.165) is 36.3 Å². The first-order valence-electron chi connectivity index (χ1n) is 11.7. The maximum absolute atomic E-state index is 13.2. The molecule has 186 valence electrons. The number of thioether (sulfide) groups is 1. The fourth-order valence-corrected chi connectivity index (χ4v) is 5.70. The number of ether oxygens (including phenoxy) is 3. The lowest BCUT2D eigenvalue weighted by molar-refractivity contribution is -0.128. The first-order chi connectivity index (χ1) is 16.7. The van der Waals surface area contributed by atoms with Crippen LogP contribution in [0.5, 0.6) is 11.5 Å². The van der Waals surface area contributed by atoms with Crippen molar-refractivity contribution in [2.24, 2.45) is 5.92 Å². The summed E-state index contributed by atoms with van der Waals surface area (Å²) in [6.45, 7) is 5.58. The molecule has 0 spiro atoms. The number of aromatic amines is 1. The number of amides is 1. The summed E-state index contributed by atoms with van der Waals surface area (Å²) in [6.07, 6.45) is 5.76. The number of aromatic nitrogens is 1. The second-order valence-corrected chi connectivity index (χ2v) is 10.2. The van der Waals surface area contributed by atoms with Gasteiger partial charge in [-0.3, -0.25) is 9.59 Å². The zero-order valence-electron chi connectivity index (χ0n) is 20.7. The van der Waals surface area contributed by atoms with Crippen LogP contribution >= 0.6 is 11.8 Å². The quantitative estimate of drug-likeness (QED) is 0.575. The summed E-state index contributed by atoms with van der Waals surface area (Å²) in [5, 5.41) is 12.6. The van der Waals surface area contributed by atoms with Crippen LogP contribution in [0.3, 0.4) is 0 Å². The first kappa shape index (κ1) is 25.1. The van der Waals surface area contributed by atoms with Gasteiger partial charge in [-0.2, -0.15) is 5.26 Å². The van der Waals surface area contributed by atoms with Crippen molar-refractivity contribution in [2.75, 3.05) is 13.4 Å². The van der Waals surface area contributed by atoms with Gasteiger partial charge in [0.15, 0.2) is 11.5 Å². The van der Waals surface area contributed by atoms with Crippen LogP contribution in [0.15, 0.2) is 21.8 Å². The predicted octanol–water partition coefficient (Wildman–Crippen LogP) is 4.21. The van der Waals surface area contributed by atoms with Gasteiger partial charge < -0.3 is 24.5 Å². The lowest BCUT2D eigenvalue weighted by atomic mass is 9.82. The fraction of sp³-hybridized carbons (Fsp3) is 0.500. The van der Waals surface area contributed by atoms with E-state index in [9.17, 15) is 14.9 Å². The second kappa shape index (κ2) is 9.96. The third-order valence-electron chi connectivity index (χ3n) is 7.08. The van der Waals surface area contributed by atoms with Crippen molar-refractivity contribution >= 4 is 17.7 Å². The maximum Gasteiger partial charge on any atom is 0.254 e. The molecule has 0 saturated heterocycles. The molecule has 2 heterocycles. The Morgan fingerprint density at radius 1 is 1.26 bits per heavy atom. The number of aryl methyl sites for hydroxylation is 1. The number of hydrogen-bond donors (Lipinski definition) is 2. The highest BCUT2D eigenvalue weighted by Crippen LogP contribution is 2.50. The number of nitrogens with zero attached hydrogens (tertiary/aromatic N) is 1. The minimum atomic E-state index is -0.908. The summed E-state index contributed by atoms with van der Waals surface area (Å²) in [5.41, 5.74) is 2.21. The van der Waals surface area contributed by atoms with Crippen LogP contribution in [-0.2, 0) is 11.3 Å². The zero-order chi connectivity index (χ0) is 25.3. The van der Waals surface area contributed by atoms with Crippen molar-refractivity contribution in [3.63, 3.8) is 0 Å². The molecule has 0 radical (unpaired) electrons. The predicted molar refractivity (Wildman–Crippen MR) is 133 cm³/mol. The van der Waals surface area contributed by atoms with Gasteiger partial charge in [0, 0.05) is 53.8 Å². The number of methoxy groups -OCH3 is 1. The summed E-state index contributed by atoms with van der Waals surface area (Å²) in [5.74, 6) is -0.329. The van der Waals surface area contributed by atoms with Gasteiger partial charge >= 0.3 is 0 Å². The molecule has 2 N–H and O–H groups in total. The van der Waals surface area contributed by atoms with Crippen molar-refractivity contribution in [1.29, 1.82) is 5.26 Å². The number of carbonyl (C=O) groups is 1. The number of benzene rings is 1. The van der Waals surface area contributed by atoms with E-state index in [1.807, 2.05) is 26.2 Å². The summed E-state index contributed by atoms with van der Waals surface area (Å²) in [6, 6.07) is 5.57. The third kappa shape index (κ3) is 4.78. The van der Waals surface area contributed by atoms with Crippen molar-refractivity contribution in [3.05, 3.63) is 50.4 Å². The molecule has 1 unspecified atom stereocenters. The Hall–Kier alpha value is -2.96. The third-order valence-corrected chi connectivity index (χ3v) is 7.89. The highest BCUT2D eigenvalue weighted by atomic mass is 32.2. The normalized spacial score (nSPS) is 23.1. The number of nitrogens with one attached hydrogen (secondary N) is 2. The molecule has 1 atom stereocenters. The molecule has 0 bridgehead atoms. The SMILES string of the molecule is COC1CCC(C2(C)Oc3c(C#N)cc(C(=O)NCc4c(SC)cc(C)[nH]c4=O)c(C)c3O2)CC1. The van der Waals surface area contributed by atoms with Gasteiger partial charge in [-0.15, -0.1) is 11.8 Å². The molecule has 8 nitrogen and oxygen atoms in total. The highest BCUT2D eigenvalue weighted by molar-refractivity contribution is 7.98. The second-order valence-electron chi connectivity index (χ2n) is 9.31. The minimum absolute atomic E-state index is 0.0703. The number of carbonyl (C=O) groups excluding carboxylic acids is 1. The van der Waals surface area contributed by atoms with Crippen molar-refractivity contribution in [1.82, 2.24) is 10.3 Å². The van der Waals surface area contributed by atoms with E-state index in [-0.39, 0.29) is 35.6 Å². The Morgan fingerprint density at radius 2 is 1.94 bits per heavy atom. The fourth-order valence-electron chi connectivity index (χ4n) is 4.99. The standard InChI is InChI=1S/C26H31N3O5S/c1-14-10-21(35-5)20(25(31)29-14)13-28-24(30)19-11-16(12-27)23-22(15(19)2)33-26(3,34-23)17-6-8-18(32-4)9-7-17/h10-11,17-18H,6-9,13H2,1-5H3,(H,28,30)(H,29,31). The molecule has 1 saturated carbocycles. The minimum Gasteiger partial charge on any atom is -0.448 e. The van der Waals surface area contributed by atoms with Crippen LogP contribution in [0.4, 0.5) is 0 Å². The largest absolute Gasteiger partial charge is 0.448 e. The van der Waals surface area contributed by atoms with Crippen LogP contribution in [0.25, 0.3) is 0 Å². The Morgan fingerprint density at radius 3 is 2.57 bits per heavy atom. The molecule has 1 amide bonds. The molecular weight excluding hydrogens is 466 g/mol. The molecular formula is C26H31N3O5S. The molecule has 35 heavy (non-hydrogen) atoms. The molecule has 2 aliphatic rings. The lowest BCUT2D eigenvalue weighted by Gasteiger charge is -2.36. The lowest BCUT2D eigenvalue weighted by Crippen LogP contribution is -2.45. The number of fused-ring (bicyclic) bond motifs is 1. The van der Waals surface area contributed by atoms with Crippen LogP contribution in [0.1, 0.15) is 65.3 Å². The van der Waals surface area contributed by atoms with Gasteiger partial charge in [0.25, 0.3) is 17.3 Å². The number of H-pyrrole nitrogens is 1. The van der Waals surface area contributed by atoms with Crippen molar-refractivity contribution < 1.29 is 19.0 Å². The van der Waals surface area contributed by atoms with E-state index in [2.05, 4.69) is 16.4 Å². The van der Waals surface area contributed by atoms with E-state index in [1.54, 1.807) is 14.0 Å². The van der Waals surface area contributed by atoms with Gasteiger partial charge in [0.1, 0.15) is 6.07 Å². The highest BCUT2D eigenvalue weighted by Gasteiger charge is 2.47. The van der Waals surface area contributed by atoms with Crippen LogP contribution in [0.2, 0.25) is 0 Å². The Balaban J connectivity index is 1.58. The summed E-state index contributed by atoms with van der Waals surface area (Å²) < 4.78 is 18.1. The van der Waals surface area contributed by atoms with E-state index >= 15 is 0 Å². The van der Waals surface area contributed by atoms with E-state index < -0.39 is 5.79 Å². The van der Waals surface area contributed by atoms with Gasteiger partial charge in [0.2, 0.25) is 0 Å². The average Bonchev–Trinajstić information content (AvgIpc) is 3.22. The number of hydrogen-bond acceptors (Lipinski definition) is 7. The molecule has 1 fully saturated rings. The number of nitriles is 1. The van der Waals surface area contributed by atoms with Gasteiger partial charge in [-0.05, 0) is 57.9 Å². The van der Waals surface area contributed by atoms with Gasteiger partial charge in [-0.25, -0.2) is 0 Å². The van der Waals surface area contributed by atoms with E-state index in [0.29, 0.717) is 28.2 Å². The first-order valence-corrected chi connectivity index (χ1v) is 13.0. The van der Waals surface area contributed by atoms with E-state index in [1.165, 1.54) is 17.8 Å². The van der Waals surface area contributed by atoms with Crippen LogP contribution in [-0.4, -0.2) is 36.1 Å². The summed E-state index contributed by atoms with van der Waals surface area (Å²) in [4.78, 5) is 29.2. The Bertz CT molecular complexity index is 1240. The summed E-state index contributed by atoms with van der Waals surface area (Å²) in [7, 11) is 1.73. The molecule has 4 rings (SSSR count). The summed E-state index contributed by atoms with van der Waals surface area (Å²) >= 11 is 1.45. The molecule has 1 aliphatic heterocycles. The van der Waals surface area contributed by atoms with Gasteiger partial charge in [0.05, 0.1) is 11.7 Å².